The first-order chi connectivity index (χ1) is 15.5. The Morgan fingerprint density at radius 3 is 2.19 bits per heavy atom. The number of pyridine rings is 1. The number of hydrogen-bond donors (Lipinski definition) is 2. The molecule has 1 amide bonds. The number of amides is 1. The lowest BCUT2D eigenvalue weighted by molar-refractivity contribution is -0.123. The molecular weight excluding hydrogens is 530 g/mol. The lowest BCUT2D eigenvalue weighted by Crippen LogP contribution is -2.37. The largest absolute Gasteiger partial charge is 0.350 e. The Bertz CT molecular complexity index is 1220. The molecule has 32 heavy (non-hydrogen) atoms. The zero-order chi connectivity index (χ0) is 22.5. The van der Waals surface area contributed by atoms with Crippen LogP contribution in [0.5, 0.6) is 0 Å². The Balaban J connectivity index is 1.61. The summed E-state index contributed by atoms with van der Waals surface area (Å²) in [4.78, 5) is 17.8. The van der Waals surface area contributed by atoms with E-state index in [1.807, 2.05) is 85.9 Å². The number of halogens is 2. The van der Waals surface area contributed by atoms with Gasteiger partial charge in [0, 0.05) is 39.3 Å². The Morgan fingerprint density at radius 1 is 0.906 bits per heavy atom. The van der Waals surface area contributed by atoms with Crippen molar-refractivity contribution in [1.29, 1.82) is 0 Å². The van der Waals surface area contributed by atoms with E-state index in [0.29, 0.717) is 13.1 Å². The molecule has 0 saturated carbocycles. The third kappa shape index (κ3) is 5.63. The fourth-order valence-corrected chi connectivity index (χ4v) is 4.14. The fraction of sp³-hybridized carbons (Fsp3) is 0.154. The minimum atomic E-state index is -0.500. The van der Waals surface area contributed by atoms with Gasteiger partial charge in [0.2, 0.25) is 5.91 Å². The molecule has 0 aliphatic rings. The molecule has 0 saturated heterocycles. The van der Waals surface area contributed by atoms with Gasteiger partial charge in [-0.2, -0.15) is 0 Å². The minimum Gasteiger partial charge on any atom is -0.350 e. The smallest absolute Gasteiger partial charge is 0.242 e. The maximum atomic E-state index is 13.4. The van der Waals surface area contributed by atoms with E-state index in [4.69, 9.17) is 0 Å². The first-order valence-corrected chi connectivity index (χ1v) is 11.9. The zero-order valence-corrected chi connectivity index (χ0v) is 20.8. The number of nitrogens with one attached hydrogen (secondary N) is 2. The highest BCUT2D eigenvalue weighted by atomic mass is 79.9. The predicted molar refractivity (Wildman–Crippen MR) is 136 cm³/mol. The predicted octanol–water partition coefficient (Wildman–Crippen LogP) is 6.22. The Morgan fingerprint density at radius 2 is 1.53 bits per heavy atom. The van der Waals surface area contributed by atoms with Crippen molar-refractivity contribution >= 4 is 48.5 Å². The van der Waals surface area contributed by atoms with E-state index >= 15 is 0 Å². The van der Waals surface area contributed by atoms with Crippen LogP contribution in [0.4, 0.5) is 0 Å². The summed E-state index contributed by atoms with van der Waals surface area (Å²) < 4.78 is 2.04. The fourth-order valence-electron chi connectivity index (χ4n) is 3.61. The summed E-state index contributed by atoms with van der Waals surface area (Å²) in [6.45, 7) is 3.01. The van der Waals surface area contributed by atoms with Crippen LogP contribution in [0, 0.1) is 6.92 Å². The molecule has 1 heterocycles. The molecule has 4 rings (SSSR count). The van der Waals surface area contributed by atoms with E-state index in [9.17, 15) is 4.79 Å². The van der Waals surface area contributed by atoms with E-state index in [1.165, 1.54) is 0 Å². The number of carbonyl (C=O) groups excluding carboxylic acids is 1. The molecule has 0 aliphatic carbocycles. The summed E-state index contributed by atoms with van der Waals surface area (Å²) in [5, 5.41) is 8.63. The quantitative estimate of drug-likeness (QED) is 0.286. The number of carbonyl (C=O) groups is 1. The number of hydrogen-bond acceptors (Lipinski definition) is 3. The molecule has 6 heteroatoms. The van der Waals surface area contributed by atoms with Crippen LogP contribution in [-0.4, -0.2) is 10.9 Å². The Hall–Kier alpha value is -2.54. The molecule has 1 aromatic heterocycles. The van der Waals surface area contributed by atoms with Gasteiger partial charge in [0.25, 0.3) is 0 Å². The van der Waals surface area contributed by atoms with Crippen LogP contribution in [0.1, 0.15) is 28.4 Å². The lowest BCUT2D eigenvalue weighted by Gasteiger charge is -2.21. The Labute approximate surface area is 204 Å². The van der Waals surface area contributed by atoms with Gasteiger partial charge in [-0.05, 0) is 59.3 Å². The third-order valence-electron chi connectivity index (χ3n) is 5.31. The molecule has 0 aliphatic heterocycles. The molecule has 0 bridgehead atoms. The molecule has 1 unspecified atom stereocenters. The first kappa shape index (κ1) is 22.6. The van der Waals surface area contributed by atoms with E-state index < -0.39 is 6.04 Å². The molecule has 4 aromatic rings. The van der Waals surface area contributed by atoms with Crippen LogP contribution in [0.15, 0.2) is 87.9 Å². The number of fused-ring (bicyclic) bond motifs is 1. The molecule has 0 spiro atoms. The van der Waals surface area contributed by atoms with Crippen molar-refractivity contribution in [2.75, 3.05) is 0 Å². The standard InChI is InChI=1S/C26H23Br2N3O/c1-17-13-24-20(16-29-17)3-2-4-23(24)25(30-14-18-5-9-21(27)10-6-18)26(32)31-15-19-7-11-22(28)12-8-19/h2-13,16,25,30H,14-15H2,1H3,(H,31,32). The summed E-state index contributed by atoms with van der Waals surface area (Å²) in [5.41, 5.74) is 4.02. The van der Waals surface area contributed by atoms with Crippen molar-refractivity contribution in [3.05, 3.63) is 110 Å². The van der Waals surface area contributed by atoms with Gasteiger partial charge in [0.05, 0.1) is 0 Å². The molecule has 4 nitrogen and oxygen atoms in total. The SMILES string of the molecule is Cc1cc2c(C(NCc3ccc(Br)cc3)C(=O)NCc3ccc(Br)cc3)cccc2cn1. The van der Waals surface area contributed by atoms with E-state index in [0.717, 1.165) is 42.1 Å². The van der Waals surface area contributed by atoms with E-state index in [-0.39, 0.29) is 5.91 Å². The number of nitrogens with zero attached hydrogens (tertiary/aromatic N) is 1. The van der Waals surface area contributed by atoms with E-state index in [1.54, 1.807) is 0 Å². The van der Waals surface area contributed by atoms with Gasteiger partial charge in [-0.25, -0.2) is 0 Å². The molecular formula is C26H23Br2N3O. The van der Waals surface area contributed by atoms with Crippen molar-refractivity contribution in [1.82, 2.24) is 15.6 Å². The normalized spacial score (nSPS) is 12.0. The summed E-state index contributed by atoms with van der Waals surface area (Å²) in [6, 6.07) is 23.6. The lowest BCUT2D eigenvalue weighted by atomic mass is 9.98. The molecule has 3 aromatic carbocycles. The van der Waals surface area contributed by atoms with Crippen molar-refractivity contribution < 1.29 is 4.79 Å². The van der Waals surface area contributed by atoms with E-state index in [2.05, 4.69) is 47.5 Å². The first-order valence-electron chi connectivity index (χ1n) is 10.3. The van der Waals surface area contributed by atoms with Gasteiger partial charge < -0.3 is 5.32 Å². The Kier molecular flexibility index (Phi) is 7.35. The van der Waals surface area contributed by atoms with Crippen LogP contribution in [0.2, 0.25) is 0 Å². The highest BCUT2D eigenvalue weighted by Gasteiger charge is 2.22. The summed E-state index contributed by atoms with van der Waals surface area (Å²) in [7, 11) is 0. The number of rotatable bonds is 7. The maximum Gasteiger partial charge on any atom is 0.242 e. The van der Waals surface area contributed by atoms with Crippen LogP contribution in [0.25, 0.3) is 10.8 Å². The minimum absolute atomic E-state index is 0.0630. The van der Waals surface area contributed by atoms with Crippen LogP contribution >= 0.6 is 31.9 Å². The second kappa shape index (κ2) is 10.4. The van der Waals surface area contributed by atoms with Crippen LogP contribution in [0.3, 0.4) is 0 Å². The molecule has 2 N–H and O–H groups in total. The van der Waals surface area contributed by atoms with Crippen LogP contribution in [-0.2, 0) is 17.9 Å². The number of benzene rings is 3. The molecule has 162 valence electrons. The average Bonchev–Trinajstić information content (AvgIpc) is 2.80. The van der Waals surface area contributed by atoms with Gasteiger partial charge in [-0.3, -0.25) is 15.1 Å². The highest BCUT2D eigenvalue weighted by molar-refractivity contribution is 9.10. The third-order valence-corrected chi connectivity index (χ3v) is 6.37. The molecule has 0 fully saturated rings. The number of aryl methyl sites for hydroxylation is 1. The van der Waals surface area contributed by atoms with Gasteiger partial charge in [-0.15, -0.1) is 0 Å². The van der Waals surface area contributed by atoms with Gasteiger partial charge >= 0.3 is 0 Å². The highest BCUT2D eigenvalue weighted by Crippen LogP contribution is 2.26. The van der Waals surface area contributed by atoms with Crippen molar-refractivity contribution in [3.8, 4) is 0 Å². The van der Waals surface area contributed by atoms with Crippen molar-refractivity contribution in [2.24, 2.45) is 0 Å². The molecule has 1 atom stereocenters. The summed E-state index contributed by atoms with van der Waals surface area (Å²) >= 11 is 6.92. The zero-order valence-electron chi connectivity index (χ0n) is 17.6. The topological polar surface area (TPSA) is 54.0 Å². The monoisotopic (exact) mass is 551 g/mol. The molecule has 0 radical (unpaired) electrons. The van der Waals surface area contributed by atoms with Gasteiger partial charge in [0.1, 0.15) is 6.04 Å². The van der Waals surface area contributed by atoms with Crippen LogP contribution < -0.4 is 10.6 Å². The van der Waals surface area contributed by atoms with Gasteiger partial charge in [-0.1, -0.05) is 74.3 Å². The summed E-state index contributed by atoms with van der Waals surface area (Å²) in [5.74, 6) is -0.0630. The second-order valence-electron chi connectivity index (χ2n) is 7.68. The average molecular weight is 553 g/mol. The number of aromatic nitrogens is 1. The second-order valence-corrected chi connectivity index (χ2v) is 9.51. The van der Waals surface area contributed by atoms with Crippen molar-refractivity contribution in [2.45, 2.75) is 26.1 Å². The van der Waals surface area contributed by atoms with Crippen molar-refractivity contribution in [3.63, 3.8) is 0 Å². The maximum absolute atomic E-state index is 13.4. The summed E-state index contributed by atoms with van der Waals surface area (Å²) in [6.07, 6.45) is 1.86. The van der Waals surface area contributed by atoms with Gasteiger partial charge in [0.15, 0.2) is 0 Å².